The molecule has 1 aromatic carbocycles. The van der Waals surface area contributed by atoms with Crippen LogP contribution in [-0.2, 0) is 11.3 Å². The second-order valence-corrected chi connectivity index (χ2v) is 5.26. The van der Waals surface area contributed by atoms with Gasteiger partial charge in [0, 0.05) is 25.2 Å². The summed E-state index contributed by atoms with van der Waals surface area (Å²) in [6.45, 7) is 2.23. The van der Waals surface area contributed by atoms with Crippen molar-refractivity contribution in [3.63, 3.8) is 0 Å². The van der Waals surface area contributed by atoms with Gasteiger partial charge in [0.2, 0.25) is 0 Å². The van der Waals surface area contributed by atoms with Gasteiger partial charge in [0.25, 0.3) is 0 Å². The van der Waals surface area contributed by atoms with Crippen LogP contribution in [0.2, 0.25) is 10.0 Å². The van der Waals surface area contributed by atoms with E-state index < -0.39 is 0 Å². The van der Waals surface area contributed by atoms with Gasteiger partial charge in [-0.2, -0.15) is 0 Å². The number of methoxy groups -OCH3 is 1. The lowest BCUT2D eigenvalue weighted by Gasteiger charge is -2.12. The van der Waals surface area contributed by atoms with Crippen LogP contribution in [-0.4, -0.2) is 24.1 Å². The summed E-state index contributed by atoms with van der Waals surface area (Å²) in [6, 6.07) is 5.36. The molecular formula is C14H16Cl2N4O. The van der Waals surface area contributed by atoms with Crippen molar-refractivity contribution in [2.24, 2.45) is 0 Å². The molecule has 112 valence electrons. The van der Waals surface area contributed by atoms with E-state index in [0.717, 1.165) is 5.56 Å². The molecule has 7 heteroatoms. The number of nitrogens with one attached hydrogen (secondary N) is 2. The summed E-state index contributed by atoms with van der Waals surface area (Å²) in [6.07, 6.45) is 0. The number of halogens is 2. The first-order valence-corrected chi connectivity index (χ1v) is 7.06. The highest BCUT2D eigenvalue weighted by molar-refractivity contribution is 6.35. The van der Waals surface area contributed by atoms with E-state index in [2.05, 4.69) is 20.6 Å². The standard InChI is InChI=1S/C14H16Cl2N4O/c1-8-4-10(16)11(5-9(8)15)18-13-6-12(17-2)19-14(20-13)7-21-3/h4-6H,7H2,1-3H3,(H2,17,18,19,20). The largest absolute Gasteiger partial charge is 0.377 e. The summed E-state index contributed by atoms with van der Waals surface area (Å²) < 4.78 is 5.06. The molecular weight excluding hydrogens is 311 g/mol. The predicted octanol–water partition coefficient (Wildman–Crippen LogP) is 4.02. The SMILES string of the molecule is CNc1cc(Nc2cc(Cl)c(C)cc2Cl)nc(COC)n1. The molecule has 0 aliphatic carbocycles. The van der Waals surface area contributed by atoms with E-state index in [-0.39, 0.29) is 0 Å². The molecule has 1 heterocycles. The molecule has 5 nitrogen and oxygen atoms in total. The van der Waals surface area contributed by atoms with Crippen molar-refractivity contribution in [3.05, 3.63) is 39.6 Å². The maximum Gasteiger partial charge on any atom is 0.158 e. The number of nitrogens with zero attached hydrogens (tertiary/aromatic N) is 2. The summed E-state index contributed by atoms with van der Waals surface area (Å²) in [5.74, 6) is 1.87. The number of rotatable bonds is 5. The third-order valence-electron chi connectivity index (χ3n) is 2.81. The Hall–Kier alpha value is -1.56. The topological polar surface area (TPSA) is 59.1 Å². The molecule has 2 N–H and O–H groups in total. The monoisotopic (exact) mass is 326 g/mol. The van der Waals surface area contributed by atoms with Crippen LogP contribution >= 0.6 is 23.2 Å². The lowest BCUT2D eigenvalue weighted by Crippen LogP contribution is -2.05. The quantitative estimate of drug-likeness (QED) is 0.868. The minimum atomic E-state index is 0.326. The highest BCUT2D eigenvalue weighted by Gasteiger charge is 2.08. The number of aromatic nitrogens is 2. The Morgan fingerprint density at radius 2 is 1.81 bits per heavy atom. The van der Waals surface area contributed by atoms with Gasteiger partial charge in [0.05, 0.1) is 10.7 Å². The number of benzene rings is 1. The Bertz CT molecular complexity index is 649. The van der Waals surface area contributed by atoms with Crippen LogP contribution in [0.25, 0.3) is 0 Å². The van der Waals surface area contributed by atoms with Gasteiger partial charge in [-0.05, 0) is 24.6 Å². The van der Waals surface area contributed by atoms with E-state index in [1.165, 1.54) is 0 Å². The van der Waals surface area contributed by atoms with Crippen LogP contribution in [0.3, 0.4) is 0 Å². The third-order valence-corrected chi connectivity index (χ3v) is 3.53. The van der Waals surface area contributed by atoms with E-state index in [1.807, 2.05) is 13.0 Å². The summed E-state index contributed by atoms with van der Waals surface area (Å²) in [4.78, 5) is 8.66. The zero-order valence-corrected chi connectivity index (χ0v) is 13.5. The van der Waals surface area contributed by atoms with E-state index in [9.17, 15) is 0 Å². The van der Waals surface area contributed by atoms with Crippen molar-refractivity contribution in [2.75, 3.05) is 24.8 Å². The molecule has 2 aromatic rings. The van der Waals surface area contributed by atoms with Gasteiger partial charge in [0.15, 0.2) is 5.82 Å². The summed E-state index contributed by atoms with van der Waals surface area (Å²) in [5.41, 5.74) is 1.61. The molecule has 0 saturated heterocycles. The van der Waals surface area contributed by atoms with Crippen LogP contribution in [0, 0.1) is 6.92 Å². The zero-order valence-electron chi connectivity index (χ0n) is 12.0. The average molecular weight is 327 g/mol. The zero-order chi connectivity index (χ0) is 15.4. The highest BCUT2D eigenvalue weighted by Crippen LogP contribution is 2.31. The molecule has 0 aliphatic heterocycles. The van der Waals surface area contributed by atoms with Crippen LogP contribution in [0.4, 0.5) is 17.3 Å². The number of ether oxygens (including phenoxy) is 1. The number of hydrogen-bond acceptors (Lipinski definition) is 5. The van der Waals surface area contributed by atoms with E-state index in [4.69, 9.17) is 27.9 Å². The third kappa shape index (κ3) is 3.97. The van der Waals surface area contributed by atoms with E-state index in [1.54, 1.807) is 26.3 Å². The first-order valence-electron chi connectivity index (χ1n) is 6.30. The first-order chi connectivity index (χ1) is 10.0. The minimum Gasteiger partial charge on any atom is -0.377 e. The molecule has 0 atom stereocenters. The molecule has 0 radical (unpaired) electrons. The Kier molecular flexibility index (Phi) is 5.22. The van der Waals surface area contributed by atoms with Crippen molar-refractivity contribution in [1.82, 2.24) is 9.97 Å². The normalized spacial score (nSPS) is 10.5. The van der Waals surface area contributed by atoms with E-state index >= 15 is 0 Å². The molecule has 0 amide bonds. The lowest BCUT2D eigenvalue weighted by molar-refractivity contribution is 0.178. The fraction of sp³-hybridized carbons (Fsp3) is 0.286. The summed E-state index contributed by atoms with van der Waals surface area (Å²) in [7, 11) is 3.39. The summed E-state index contributed by atoms with van der Waals surface area (Å²) >= 11 is 12.3. The fourth-order valence-corrected chi connectivity index (χ4v) is 2.19. The van der Waals surface area contributed by atoms with Gasteiger partial charge in [0.1, 0.15) is 18.2 Å². The van der Waals surface area contributed by atoms with Crippen molar-refractivity contribution in [3.8, 4) is 0 Å². The minimum absolute atomic E-state index is 0.326. The van der Waals surface area contributed by atoms with Crippen LogP contribution in [0.5, 0.6) is 0 Å². The lowest BCUT2D eigenvalue weighted by atomic mass is 10.2. The van der Waals surface area contributed by atoms with Crippen LogP contribution in [0.1, 0.15) is 11.4 Å². The van der Waals surface area contributed by atoms with Gasteiger partial charge in [-0.3, -0.25) is 0 Å². The van der Waals surface area contributed by atoms with Gasteiger partial charge in [-0.25, -0.2) is 9.97 Å². The van der Waals surface area contributed by atoms with Crippen molar-refractivity contribution < 1.29 is 4.74 Å². The first kappa shape index (κ1) is 15.8. The predicted molar refractivity (Wildman–Crippen MR) is 86.8 cm³/mol. The van der Waals surface area contributed by atoms with Crippen molar-refractivity contribution in [1.29, 1.82) is 0 Å². The molecule has 0 unspecified atom stereocenters. The number of aryl methyl sites for hydroxylation is 1. The number of hydrogen-bond donors (Lipinski definition) is 2. The van der Waals surface area contributed by atoms with Gasteiger partial charge < -0.3 is 15.4 Å². The molecule has 2 rings (SSSR count). The molecule has 0 saturated carbocycles. The van der Waals surface area contributed by atoms with E-state index in [0.29, 0.717) is 39.8 Å². The second-order valence-electron chi connectivity index (χ2n) is 4.44. The second kappa shape index (κ2) is 6.93. The van der Waals surface area contributed by atoms with Gasteiger partial charge >= 0.3 is 0 Å². The van der Waals surface area contributed by atoms with Gasteiger partial charge in [-0.15, -0.1) is 0 Å². The fourth-order valence-electron chi connectivity index (χ4n) is 1.76. The molecule has 0 fully saturated rings. The maximum atomic E-state index is 6.22. The molecule has 21 heavy (non-hydrogen) atoms. The summed E-state index contributed by atoms with van der Waals surface area (Å²) in [5, 5.41) is 7.35. The van der Waals surface area contributed by atoms with Crippen LogP contribution in [0.15, 0.2) is 18.2 Å². The van der Waals surface area contributed by atoms with Gasteiger partial charge in [-0.1, -0.05) is 23.2 Å². The van der Waals surface area contributed by atoms with Crippen molar-refractivity contribution in [2.45, 2.75) is 13.5 Å². The highest BCUT2D eigenvalue weighted by atomic mass is 35.5. The molecule has 1 aromatic heterocycles. The Morgan fingerprint density at radius 1 is 1.10 bits per heavy atom. The van der Waals surface area contributed by atoms with Crippen LogP contribution < -0.4 is 10.6 Å². The Morgan fingerprint density at radius 3 is 2.48 bits per heavy atom. The number of anilines is 3. The van der Waals surface area contributed by atoms with Crippen molar-refractivity contribution >= 4 is 40.5 Å². The maximum absolute atomic E-state index is 6.22. The average Bonchev–Trinajstić information content (AvgIpc) is 2.45. The smallest absolute Gasteiger partial charge is 0.158 e. The molecule has 0 bridgehead atoms. The Balaban J connectivity index is 2.34. The Labute approximate surface area is 133 Å². The molecule has 0 aliphatic rings. The molecule has 0 spiro atoms.